The summed E-state index contributed by atoms with van der Waals surface area (Å²) in [5, 5.41) is 0. The molecule has 1 heteroatoms. The van der Waals surface area contributed by atoms with Gasteiger partial charge in [-0.2, -0.15) is 0 Å². The van der Waals surface area contributed by atoms with Crippen molar-refractivity contribution in [2.45, 2.75) is 89.4 Å². The molecule has 87 heavy (non-hydrogen) atoms. The van der Waals surface area contributed by atoms with E-state index in [0.29, 0.717) is 0 Å². The van der Waals surface area contributed by atoms with Gasteiger partial charge < -0.3 is 4.90 Å². The van der Waals surface area contributed by atoms with Crippen molar-refractivity contribution in [3.05, 3.63) is 328 Å². The molecule has 0 N–H and O–H groups in total. The first kappa shape index (κ1) is 53.0. The number of hydrogen-bond donors (Lipinski definition) is 0. The highest BCUT2D eigenvalue weighted by atomic mass is 15.1. The Kier molecular flexibility index (Phi) is 11.5. The summed E-state index contributed by atoms with van der Waals surface area (Å²) >= 11 is 0. The van der Waals surface area contributed by atoms with Gasteiger partial charge in [0.25, 0.3) is 0 Å². The fourth-order valence-corrected chi connectivity index (χ4v) is 16.1. The van der Waals surface area contributed by atoms with E-state index in [1.807, 2.05) is 0 Å². The van der Waals surface area contributed by atoms with Crippen LogP contribution in [0.15, 0.2) is 267 Å². The molecular weight excluding hydrogens is 1050 g/mol. The Bertz CT molecular complexity index is 4720. The molecule has 12 aromatic carbocycles. The minimum atomic E-state index is -0.548. The zero-order chi connectivity index (χ0) is 59.4. The van der Waals surface area contributed by atoms with Crippen LogP contribution < -0.4 is 4.90 Å². The van der Waals surface area contributed by atoms with Gasteiger partial charge in [0.1, 0.15) is 0 Å². The van der Waals surface area contributed by atoms with Crippen molar-refractivity contribution >= 4 is 17.1 Å². The van der Waals surface area contributed by atoms with Gasteiger partial charge >= 0.3 is 0 Å². The molecule has 1 atom stereocenters. The van der Waals surface area contributed by atoms with Crippen LogP contribution in [-0.2, 0) is 27.1 Å². The largest absolute Gasteiger partial charge is 0.310 e. The van der Waals surface area contributed by atoms with Gasteiger partial charge in [0.15, 0.2) is 0 Å². The Morgan fingerprint density at radius 3 is 1.26 bits per heavy atom. The van der Waals surface area contributed by atoms with Gasteiger partial charge in [-0.1, -0.05) is 280 Å². The highest BCUT2D eigenvalue weighted by Gasteiger charge is 2.53. The molecule has 0 aromatic heterocycles. The van der Waals surface area contributed by atoms with E-state index >= 15 is 0 Å². The Hall–Kier alpha value is -9.56. The number of rotatable bonds is 7. The molecule has 0 saturated carbocycles. The fraction of sp³-hybridized carbons (Fsp3) is 0.163. The average molecular weight is 1120 g/mol. The van der Waals surface area contributed by atoms with Crippen molar-refractivity contribution in [1.82, 2.24) is 0 Å². The van der Waals surface area contributed by atoms with Gasteiger partial charge in [-0.25, -0.2) is 0 Å². The third-order valence-corrected chi connectivity index (χ3v) is 20.5. The van der Waals surface area contributed by atoms with E-state index in [4.69, 9.17) is 0 Å². The smallest absolute Gasteiger partial charge is 0.0726 e. The predicted octanol–water partition coefficient (Wildman–Crippen LogP) is 22.7. The molecule has 4 aliphatic carbocycles. The van der Waals surface area contributed by atoms with Gasteiger partial charge in [-0.05, 0) is 199 Å². The molecule has 0 radical (unpaired) electrons. The van der Waals surface area contributed by atoms with Crippen LogP contribution in [-0.4, -0.2) is 0 Å². The minimum absolute atomic E-state index is 0.0457. The summed E-state index contributed by atoms with van der Waals surface area (Å²) in [5.74, 6) is 0. The van der Waals surface area contributed by atoms with Gasteiger partial charge in [0, 0.05) is 27.9 Å². The van der Waals surface area contributed by atoms with Crippen molar-refractivity contribution in [1.29, 1.82) is 0 Å². The van der Waals surface area contributed by atoms with Crippen LogP contribution in [0.2, 0.25) is 0 Å². The fourth-order valence-electron chi connectivity index (χ4n) is 16.1. The maximum atomic E-state index is 2.56. The van der Waals surface area contributed by atoms with E-state index in [1.165, 1.54) is 139 Å². The summed E-state index contributed by atoms with van der Waals surface area (Å²) in [6, 6.07) is 102. The molecule has 0 bridgehead atoms. The van der Waals surface area contributed by atoms with E-state index in [0.717, 1.165) is 17.1 Å². The number of fused-ring (bicyclic) bond motifs is 16. The molecule has 1 spiro atoms. The second kappa shape index (κ2) is 19.0. The maximum absolute atomic E-state index is 2.56. The molecule has 0 heterocycles. The maximum Gasteiger partial charge on any atom is 0.0726 e. The van der Waals surface area contributed by atoms with Crippen LogP contribution in [0.5, 0.6) is 0 Å². The van der Waals surface area contributed by atoms with Crippen LogP contribution in [0.1, 0.15) is 124 Å². The van der Waals surface area contributed by atoms with E-state index in [-0.39, 0.29) is 21.7 Å². The normalized spacial score (nSPS) is 15.9. The summed E-state index contributed by atoms with van der Waals surface area (Å²) < 4.78 is 0. The molecular formula is C86H71N. The van der Waals surface area contributed by atoms with Crippen molar-refractivity contribution < 1.29 is 0 Å². The van der Waals surface area contributed by atoms with E-state index in [1.54, 1.807) is 0 Å². The monoisotopic (exact) mass is 1120 g/mol. The van der Waals surface area contributed by atoms with Crippen LogP contribution >= 0.6 is 0 Å². The van der Waals surface area contributed by atoms with Gasteiger partial charge in [-0.3, -0.25) is 0 Å². The molecule has 0 saturated heterocycles. The zero-order valence-electron chi connectivity index (χ0n) is 51.4. The lowest BCUT2D eigenvalue weighted by atomic mass is 9.68. The Balaban J connectivity index is 0.870. The molecule has 4 aliphatic rings. The number of benzene rings is 12. The van der Waals surface area contributed by atoms with Crippen LogP contribution in [0.3, 0.4) is 0 Å². The summed E-state index contributed by atoms with van der Waals surface area (Å²) in [5.41, 5.74) is 35.0. The quantitative estimate of drug-likeness (QED) is 0.154. The predicted molar refractivity (Wildman–Crippen MR) is 366 cm³/mol. The second-order valence-corrected chi connectivity index (χ2v) is 27.7. The number of hydrogen-bond acceptors (Lipinski definition) is 1. The first-order chi connectivity index (χ1) is 42.0. The molecule has 1 nitrogen and oxygen atoms in total. The SMILES string of the molecule is CC(C)(C)c1ccc2c(c1)C1(c3ccccc3-c3ccc(N(c4ccc(-c5ccc6c(c5)C(C)(c5ccccc5)c5ccccc5-6)cc4)c4ccc(-c5ccccc5-c5cccc6c5C(C)(C)c5ccccc5-6)cc4)cc31)c1cc(C(C)(C)C)ccc1-2. The van der Waals surface area contributed by atoms with E-state index < -0.39 is 5.41 Å². The number of anilines is 3. The zero-order valence-corrected chi connectivity index (χ0v) is 51.4. The van der Waals surface area contributed by atoms with E-state index in [9.17, 15) is 0 Å². The van der Waals surface area contributed by atoms with Crippen molar-refractivity contribution in [3.8, 4) is 77.9 Å². The molecule has 0 amide bonds. The van der Waals surface area contributed by atoms with Gasteiger partial charge in [0.05, 0.1) is 5.41 Å². The lowest BCUT2D eigenvalue weighted by Gasteiger charge is -2.34. The molecule has 16 rings (SSSR count). The summed E-state index contributed by atoms with van der Waals surface area (Å²) in [6.07, 6.45) is 0. The molecule has 420 valence electrons. The Morgan fingerprint density at radius 1 is 0.264 bits per heavy atom. The van der Waals surface area contributed by atoms with Crippen molar-refractivity contribution in [2.24, 2.45) is 0 Å². The third kappa shape index (κ3) is 7.71. The molecule has 0 aliphatic heterocycles. The number of nitrogens with zero attached hydrogens (tertiary/aromatic N) is 1. The van der Waals surface area contributed by atoms with Crippen LogP contribution in [0, 0.1) is 0 Å². The molecule has 1 unspecified atom stereocenters. The first-order valence-electron chi connectivity index (χ1n) is 31.2. The summed E-state index contributed by atoms with van der Waals surface area (Å²) in [4.78, 5) is 2.50. The van der Waals surface area contributed by atoms with Crippen molar-refractivity contribution in [3.63, 3.8) is 0 Å². The summed E-state index contributed by atoms with van der Waals surface area (Å²) in [6.45, 7) is 21.3. The molecule has 0 fully saturated rings. The Morgan fingerprint density at radius 2 is 0.667 bits per heavy atom. The minimum Gasteiger partial charge on any atom is -0.310 e. The third-order valence-electron chi connectivity index (χ3n) is 20.5. The van der Waals surface area contributed by atoms with Gasteiger partial charge in [-0.15, -0.1) is 0 Å². The van der Waals surface area contributed by atoms with E-state index in [2.05, 4.69) is 334 Å². The first-order valence-corrected chi connectivity index (χ1v) is 31.2. The van der Waals surface area contributed by atoms with Crippen LogP contribution in [0.25, 0.3) is 77.9 Å². The Labute approximate surface area is 514 Å². The summed E-state index contributed by atoms with van der Waals surface area (Å²) in [7, 11) is 0. The lowest BCUT2D eigenvalue weighted by Crippen LogP contribution is -2.27. The van der Waals surface area contributed by atoms with Crippen LogP contribution in [0.4, 0.5) is 17.1 Å². The highest BCUT2D eigenvalue weighted by Crippen LogP contribution is 2.65. The average Bonchev–Trinajstić information content (AvgIpc) is 1.52. The topological polar surface area (TPSA) is 3.24 Å². The lowest BCUT2D eigenvalue weighted by molar-refractivity contribution is 0.586. The second-order valence-electron chi connectivity index (χ2n) is 27.7. The standard InChI is InChI=1S/C86H71N/c1-82(2,3)58-39-47-69-70-48-40-59(83(4,5)6)52-79(70)86(78(69)51-58)76-33-20-17-27-66(76)71-49-45-62(53-80(71)86)87(60-41-34-54(35-42-60)56-38-46-68-65-26-16-19-32-75(65)85(9,77(68)50-56)57-22-11-10-12-23-57)61-43-36-55(37-44-61)63-24-13-14-25-64(63)72-29-21-30-73-67-28-15-18-31-74(67)84(7,8)81(72)73/h10-53H,1-9H3. The highest BCUT2D eigenvalue weighted by molar-refractivity contribution is 5.98. The van der Waals surface area contributed by atoms with Crippen molar-refractivity contribution in [2.75, 3.05) is 4.90 Å². The molecule has 12 aromatic rings. The van der Waals surface area contributed by atoms with Gasteiger partial charge in [0.2, 0.25) is 0 Å².